The normalized spacial score (nSPS) is 13.3. The fourth-order valence-electron chi connectivity index (χ4n) is 3.01. The van der Waals surface area contributed by atoms with Crippen LogP contribution in [0.5, 0.6) is 11.5 Å². The molecule has 0 spiro atoms. The summed E-state index contributed by atoms with van der Waals surface area (Å²) >= 11 is 0. The molecule has 1 aliphatic rings. The molecule has 1 saturated heterocycles. The maximum Gasteiger partial charge on any atom is 0.333 e. The fraction of sp³-hybridized carbons (Fsp3) is 0.350. The zero-order valence-corrected chi connectivity index (χ0v) is 16.9. The minimum atomic E-state index is -0.541. The number of nitrogens with one attached hydrogen (secondary N) is 3. The lowest BCUT2D eigenvalue weighted by Crippen LogP contribution is -2.46. The molecule has 3 N–H and O–H groups in total. The predicted octanol–water partition coefficient (Wildman–Crippen LogP) is 1.08. The first-order chi connectivity index (χ1) is 14.6. The topological polar surface area (TPSA) is 114 Å². The van der Waals surface area contributed by atoms with E-state index < -0.39 is 11.9 Å². The van der Waals surface area contributed by atoms with Crippen LogP contribution in [0, 0.1) is 0 Å². The van der Waals surface area contributed by atoms with Crippen LogP contribution < -0.4 is 30.5 Å². The van der Waals surface area contributed by atoms with Gasteiger partial charge in [0.15, 0.2) is 11.5 Å². The summed E-state index contributed by atoms with van der Waals surface area (Å²) in [6.07, 6.45) is 1.72. The van der Waals surface area contributed by atoms with E-state index in [0.717, 1.165) is 24.5 Å². The summed E-state index contributed by atoms with van der Waals surface area (Å²) in [5, 5.41) is 2.72. The lowest BCUT2D eigenvalue weighted by Gasteiger charge is -2.29. The standard InChI is InChI=1S/C20H25N5O5/c1-28-16-6-5-14(12-17(16)29-2)19(26)23-24-20(27)22-13-15-4-3-7-21-18(15)25-8-10-30-11-9-25/h3-7,12H,8-11,13H2,1-2H3,(H,23,26)(H2,22,24,27). The number of morpholine rings is 1. The lowest BCUT2D eigenvalue weighted by molar-refractivity contribution is 0.0936. The Balaban J connectivity index is 1.53. The van der Waals surface area contributed by atoms with Crippen molar-refractivity contribution < 1.29 is 23.8 Å². The van der Waals surface area contributed by atoms with Gasteiger partial charge < -0.3 is 24.4 Å². The van der Waals surface area contributed by atoms with Crippen LogP contribution in [-0.4, -0.2) is 57.4 Å². The first-order valence-corrected chi connectivity index (χ1v) is 9.45. The summed E-state index contributed by atoms with van der Waals surface area (Å²) in [4.78, 5) is 31.0. The van der Waals surface area contributed by atoms with Crippen LogP contribution >= 0.6 is 0 Å². The first kappa shape index (κ1) is 21.2. The van der Waals surface area contributed by atoms with Crippen molar-refractivity contribution in [3.05, 3.63) is 47.7 Å². The lowest BCUT2D eigenvalue weighted by atomic mass is 10.2. The van der Waals surface area contributed by atoms with E-state index in [2.05, 4.69) is 26.1 Å². The molecule has 1 fully saturated rings. The quantitative estimate of drug-likeness (QED) is 0.605. The van der Waals surface area contributed by atoms with E-state index in [1.54, 1.807) is 18.3 Å². The fourth-order valence-corrected chi connectivity index (χ4v) is 3.01. The van der Waals surface area contributed by atoms with E-state index in [4.69, 9.17) is 14.2 Å². The zero-order valence-electron chi connectivity index (χ0n) is 16.9. The van der Waals surface area contributed by atoms with Gasteiger partial charge in [-0.25, -0.2) is 15.2 Å². The molecule has 10 heteroatoms. The number of urea groups is 1. The third kappa shape index (κ3) is 5.29. The van der Waals surface area contributed by atoms with Crippen molar-refractivity contribution >= 4 is 17.8 Å². The number of nitrogens with zero attached hydrogens (tertiary/aromatic N) is 2. The van der Waals surface area contributed by atoms with Crippen molar-refractivity contribution in [3.63, 3.8) is 0 Å². The number of carbonyl (C=O) groups is 2. The second-order valence-electron chi connectivity index (χ2n) is 6.42. The van der Waals surface area contributed by atoms with Crippen LogP contribution in [0.1, 0.15) is 15.9 Å². The van der Waals surface area contributed by atoms with Crippen LogP contribution in [0.2, 0.25) is 0 Å². The molecule has 3 amide bonds. The number of pyridine rings is 1. The molecule has 2 aromatic rings. The maximum atomic E-state index is 12.3. The molecule has 2 heterocycles. The van der Waals surface area contributed by atoms with Gasteiger partial charge in [-0.3, -0.25) is 10.2 Å². The average molecular weight is 415 g/mol. The van der Waals surface area contributed by atoms with Crippen molar-refractivity contribution in [1.82, 2.24) is 21.2 Å². The number of aromatic nitrogens is 1. The molecular formula is C20H25N5O5. The number of carbonyl (C=O) groups excluding carboxylic acids is 2. The van der Waals surface area contributed by atoms with Gasteiger partial charge in [0.05, 0.1) is 27.4 Å². The Morgan fingerprint density at radius 2 is 1.87 bits per heavy atom. The highest BCUT2D eigenvalue weighted by Crippen LogP contribution is 2.27. The minimum Gasteiger partial charge on any atom is -0.493 e. The Labute approximate surface area is 174 Å². The third-order valence-corrected chi connectivity index (χ3v) is 4.55. The van der Waals surface area contributed by atoms with Gasteiger partial charge in [-0.1, -0.05) is 6.07 Å². The summed E-state index contributed by atoms with van der Waals surface area (Å²) < 4.78 is 15.7. The molecule has 1 aromatic heterocycles. The highest BCUT2D eigenvalue weighted by molar-refractivity contribution is 5.95. The van der Waals surface area contributed by atoms with E-state index >= 15 is 0 Å². The van der Waals surface area contributed by atoms with E-state index in [-0.39, 0.29) is 6.54 Å². The predicted molar refractivity (Wildman–Crippen MR) is 110 cm³/mol. The third-order valence-electron chi connectivity index (χ3n) is 4.55. The number of methoxy groups -OCH3 is 2. The van der Waals surface area contributed by atoms with Gasteiger partial charge in [-0.05, 0) is 24.3 Å². The molecule has 0 saturated carbocycles. The summed E-state index contributed by atoms with van der Waals surface area (Å²) in [6.45, 7) is 3.05. The van der Waals surface area contributed by atoms with Crippen molar-refractivity contribution in [2.24, 2.45) is 0 Å². The molecule has 30 heavy (non-hydrogen) atoms. The van der Waals surface area contributed by atoms with Gasteiger partial charge in [-0.2, -0.15) is 0 Å². The van der Waals surface area contributed by atoms with E-state index in [1.807, 2.05) is 12.1 Å². The number of hydrogen-bond acceptors (Lipinski definition) is 7. The van der Waals surface area contributed by atoms with Crippen molar-refractivity contribution in [3.8, 4) is 11.5 Å². The minimum absolute atomic E-state index is 0.262. The summed E-state index contributed by atoms with van der Waals surface area (Å²) in [6, 6.07) is 7.89. The van der Waals surface area contributed by atoms with Crippen molar-refractivity contribution in [2.75, 3.05) is 45.4 Å². The number of rotatable bonds is 6. The molecule has 0 bridgehead atoms. The van der Waals surface area contributed by atoms with Gasteiger partial charge in [-0.15, -0.1) is 0 Å². The second kappa shape index (κ2) is 10.3. The molecule has 0 aliphatic carbocycles. The van der Waals surface area contributed by atoms with Gasteiger partial charge in [0.1, 0.15) is 5.82 Å². The maximum absolute atomic E-state index is 12.3. The van der Waals surface area contributed by atoms with Gasteiger partial charge in [0.2, 0.25) is 0 Å². The number of hydrazine groups is 1. The average Bonchev–Trinajstić information content (AvgIpc) is 2.81. The van der Waals surface area contributed by atoms with Crippen LogP contribution in [0.3, 0.4) is 0 Å². The molecule has 10 nitrogen and oxygen atoms in total. The second-order valence-corrected chi connectivity index (χ2v) is 6.42. The van der Waals surface area contributed by atoms with Gasteiger partial charge in [0, 0.05) is 37.0 Å². The number of hydrogen-bond donors (Lipinski definition) is 3. The van der Waals surface area contributed by atoms with E-state index in [9.17, 15) is 9.59 Å². The molecule has 1 aliphatic heterocycles. The molecule has 0 radical (unpaired) electrons. The molecule has 3 rings (SSSR count). The first-order valence-electron chi connectivity index (χ1n) is 9.45. The molecule has 160 valence electrons. The van der Waals surface area contributed by atoms with Crippen LogP contribution in [0.4, 0.5) is 10.6 Å². The summed E-state index contributed by atoms with van der Waals surface area (Å²) in [5.74, 6) is 1.26. The number of ether oxygens (including phenoxy) is 3. The van der Waals surface area contributed by atoms with E-state index in [1.165, 1.54) is 20.3 Å². The van der Waals surface area contributed by atoms with Crippen LogP contribution in [0.15, 0.2) is 36.5 Å². The van der Waals surface area contributed by atoms with Gasteiger partial charge >= 0.3 is 6.03 Å². The molecule has 1 aromatic carbocycles. The Morgan fingerprint density at radius 1 is 1.10 bits per heavy atom. The highest BCUT2D eigenvalue weighted by atomic mass is 16.5. The Hall–Kier alpha value is -3.53. The van der Waals surface area contributed by atoms with Crippen molar-refractivity contribution in [1.29, 1.82) is 0 Å². The van der Waals surface area contributed by atoms with Crippen molar-refractivity contribution in [2.45, 2.75) is 6.54 Å². The summed E-state index contributed by atoms with van der Waals surface area (Å²) in [5.41, 5.74) is 5.89. The highest BCUT2D eigenvalue weighted by Gasteiger charge is 2.16. The number of anilines is 1. The number of amides is 3. The smallest absolute Gasteiger partial charge is 0.333 e. The van der Waals surface area contributed by atoms with Crippen LogP contribution in [-0.2, 0) is 11.3 Å². The molecule has 0 unspecified atom stereocenters. The van der Waals surface area contributed by atoms with E-state index in [0.29, 0.717) is 30.3 Å². The largest absolute Gasteiger partial charge is 0.493 e. The Bertz CT molecular complexity index is 886. The monoisotopic (exact) mass is 415 g/mol. The molecular weight excluding hydrogens is 390 g/mol. The zero-order chi connectivity index (χ0) is 21.3. The molecule has 0 atom stereocenters. The Kier molecular flexibility index (Phi) is 7.28. The Morgan fingerprint density at radius 3 is 2.60 bits per heavy atom. The SMILES string of the molecule is COc1ccc(C(=O)NNC(=O)NCc2cccnc2N2CCOCC2)cc1OC. The van der Waals surface area contributed by atoms with Gasteiger partial charge in [0.25, 0.3) is 5.91 Å². The van der Waals surface area contributed by atoms with Crippen LogP contribution in [0.25, 0.3) is 0 Å². The number of benzene rings is 1. The summed E-state index contributed by atoms with van der Waals surface area (Å²) in [7, 11) is 2.99.